The van der Waals surface area contributed by atoms with Gasteiger partial charge in [0.25, 0.3) is 0 Å². The second kappa shape index (κ2) is 5.11. The zero-order valence-corrected chi connectivity index (χ0v) is 8.51. The predicted molar refractivity (Wildman–Crippen MR) is 64.7 cm³/mol. The molecule has 0 spiro atoms. The van der Waals surface area contributed by atoms with E-state index in [1.165, 1.54) is 5.56 Å². The first-order valence-electron chi connectivity index (χ1n) is 5.06. The smallest absolute Gasteiger partial charge is 0.0625 e. The summed E-state index contributed by atoms with van der Waals surface area (Å²) in [5.41, 5.74) is 2.30. The first kappa shape index (κ1) is 9.66. The summed E-state index contributed by atoms with van der Waals surface area (Å²) in [5, 5.41) is 0. The van der Waals surface area contributed by atoms with E-state index in [4.69, 9.17) is 0 Å². The second-order valence-corrected chi connectivity index (χ2v) is 3.34. The number of nitrogens with zero attached hydrogens (tertiary/aromatic N) is 1. The fourth-order valence-corrected chi connectivity index (χ4v) is 1.38. The van der Waals surface area contributed by atoms with Gasteiger partial charge in [-0.25, -0.2) is 0 Å². The van der Waals surface area contributed by atoms with E-state index in [1.54, 1.807) is 0 Å². The monoisotopic (exact) mass is 195 g/mol. The van der Waals surface area contributed by atoms with Crippen LogP contribution < -0.4 is 0 Å². The fourth-order valence-electron chi connectivity index (χ4n) is 1.38. The standard InChI is InChI=1S/C14H13N/c1-3-7-13(8-4-1)11-12-15-14-9-5-2-6-10-14/h1-10,12H,11H2/b15-12+. The van der Waals surface area contributed by atoms with Crippen LogP contribution in [-0.2, 0) is 6.42 Å². The fraction of sp³-hybridized carbons (Fsp3) is 0.0714. The molecule has 0 aromatic heterocycles. The molecule has 0 aliphatic rings. The Bertz CT molecular complexity index is 418. The summed E-state index contributed by atoms with van der Waals surface area (Å²) < 4.78 is 0. The third kappa shape index (κ3) is 3.06. The van der Waals surface area contributed by atoms with Crippen molar-refractivity contribution in [1.82, 2.24) is 0 Å². The molecule has 0 amide bonds. The molecule has 0 saturated carbocycles. The van der Waals surface area contributed by atoms with Crippen LogP contribution in [0.2, 0.25) is 0 Å². The highest BCUT2D eigenvalue weighted by molar-refractivity contribution is 5.65. The summed E-state index contributed by atoms with van der Waals surface area (Å²) in [5.74, 6) is 0. The Morgan fingerprint density at radius 3 is 2.07 bits per heavy atom. The molecule has 0 atom stereocenters. The van der Waals surface area contributed by atoms with Crippen LogP contribution in [0.15, 0.2) is 65.7 Å². The van der Waals surface area contributed by atoms with Gasteiger partial charge in [-0.2, -0.15) is 0 Å². The molecular formula is C14H13N. The molecule has 0 aliphatic heterocycles. The van der Waals surface area contributed by atoms with Crippen molar-refractivity contribution >= 4 is 11.9 Å². The molecule has 0 aliphatic carbocycles. The Morgan fingerprint density at radius 1 is 0.800 bits per heavy atom. The minimum Gasteiger partial charge on any atom is -0.261 e. The maximum absolute atomic E-state index is 4.38. The quantitative estimate of drug-likeness (QED) is 0.663. The Hall–Kier alpha value is -1.89. The molecule has 0 bridgehead atoms. The highest BCUT2D eigenvalue weighted by Gasteiger charge is 1.87. The largest absolute Gasteiger partial charge is 0.261 e. The summed E-state index contributed by atoms with van der Waals surface area (Å²) in [6, 6.07) is 20.3. The molecule has 0 heterocycles. The average Bonchev–Trinajstić information content (AvgIpc) is 2.32. The van der Waals surface area contributed by atoms with E-state index < -0.39 is 0 Å². The summed E-state index contributed by atoms with van der Waals surface area (Å²) in [4.78, 5) is 4.38. The summed E-state index contributed by atoms with van der Waals surface area (Å²) in [6.45, 7) is 0. The van der Waals surface area contributed by atoms with E-state index in [0.29, 0.717) is 0 Å². The van der Waals surface area contributed by atoms with E-state index in [2.05, 4.69) is 17.1 Å². The number of hydrogen-bond donors (Lipinski definition) is 0. The maximum atomic E-state index is 4.38. The Labute approximate surface area is 90.1 Å². The van der Waals surface area contributed by atoms with Crippen molar-refractivity contribution in [2.24, 2.45) is 4.99 Å². The molecule has 74 valence electrons. The molecule has 1 nitrogen and oxygen atoms in total. The first-order chi connectivity index (χ1) is 7.45. The molecule has 2 aromatic rings. The van der Waals surface area contributed by atoms with Crippen LogP contribution in [0.4, 0.5) is 5.69 Å². The number of rotatable bonds is 3. The van der Waals surface area contributed by atoms with Gasteiger partial charge >= 0.3 is 0 Å². The molecule has 0 saturated heterocycles. The van der Waals surface area contributed by atoms with Crippen LogP contribution in [0.3, 0.4) is 0 Å². The van der Waals surface area contributed by atoms with Crippen LogP contribution in [-0.4, -0.2) is 6.21 Å². The summed E-state index contributed by atoms with van der Waals surface area (Å²) in [7, 11) is 0. The topological polar surface area (TPSA) is 12.4 Å². The van der Waals surface area contributed by atoms with Crippen molar-refractivity contribution < 1.29 is 0 Å². The summed E-state index contributed by atoms with van der Waals surface area (Å²) in [6.07, 6.45) is 2.83. The van der Waals surface area contributed by atoms with Gasteiger partial charge in [0.05, 0.1) is 5.69 Å². The van der Waals surface area contributed by atoms with E-state index >= 15 is 0 Å². The van der Waals surface area contributed by atoms with Gasteiger partial charge in [-0.1, -0.05) is 48.5 Å². The van der Waals surface area contributed by atoms with Crippen molar-refractivity contribution in [2.45, 2.75) is 6.42 Å². The minimum absolute atomic E-state index is 0.885. The van der Waals surface area contributed by atoms with Crippen molar-refractivity contribution in [3.8, 4) is 0 Å². The lowest BCUT2D eigenvalue weighted by Crippen LogP contribution is -1.83. The van der Waals surface area contributed by atoms with Crippen LogP contribution in [0.25, 0.3) is 0 Å². The first-order valence-corrected chi connectivity index (χ1v) is 5.06. The minimum atomic E-state index is 0.885. The molecule has 1 heteroatoms. The Morgan fingerprint density at radius 2 is 1.40 bits per heavy atom. The lowest BCUT2D eigenvalue weighted by atomic mass is 10.2. The van der Waals surface area contributed by atoms with Crippen LogP contribution >= 0.6 is 0 Å². The van der Waals surface area contributed by atoms with Gasteiger partial charge in [-0.3, -0.25) is 4.99 Å². The van der Waals surface area contributed by atoms with Crippen LogP contribution in [0.1, 0.15) is 5.56 Å². The van der Waals surface area contributed by atoms with Gasteiger partial charge < -0.3 is 0 Å². The number of para-hydroxylation sites is 1. The number of aliphatic imine (C=N–C) groups is 1. The van der Waals surface area contributed by atoms with Gasteiger partial charge in [0, 0.05) is 12.6 Å². The lowest BCUT2D eigenvalue weighted by molar-refractivity contribution is 1.34. The lowest BCUT2D eigenvalue weighted by Gasteiger charge is -1.94. The normalized spacial score (nSPS) is 10.7. The molecule has 2 rings (SSSR count). The third-order valence-electron chi connectivity index (χ3n) is 2.17. The van der Waals surface area contributed by atoms with Crippen molar-refractivity contribution in [3.63, 3.8) is 0 Å². The SMILES string of the molecule is C(/Cc1ccccc1)=N\c1ccccc1. The molecular weight excluding hydrogens is 182 g/mol. The van der Waals surface area contributed by atoms with Crippen molar-refractivity contribution in [1.29, 1.82) is 0 Å². The van der Waals surface area contributed by atoms with Gasteiger partial charge in [-0.15, -0.1) is 0 Å². The van der Waals surface area contributed by atoms with Gasteiger partial charge in [0.1, 0.15) is 0 Å². The maximum Gasteiger partial charge on any atom is 0.0625 e. The summed E-state index contributed by atoms with van der Waals surface area (Å²) >= 11 is 0. The second-order valence-electron chi connectivity index (χ2n) is 3.34. The van der Waals surface area contributed by atoms with Gasteiger partial charge in [0.15, 0.2) is 0 Å². The number of hydrogen-bond acceptors (Lipinski definition) is 1. The highest BCUT2D eigenvalue weighted by atomic mass is 14.7. The van der Waals surface area contributed by atoms with E-state index in [1.807, 2.05) is 54.7 Å². The predicted octanol–water partition coefficient (Wildman–Crippen LogP) is 3.63. The third-order valence-corrected chi connectivity index (χ3v) is 2.17. The zero-order valence-electron chi connectivity index (χ0n) is 8.51. The molecule has 0 unspecified atom stereocenters. The van der Waals surface area contributed by atoms with E-state index in [9.17, 15) is 0 Å². The number of benzene rings is 2. The molecule has 0 N–H and O–H groups in total. The van der Waals surface area contributed by atoms with E-state index in [-0.39, 0.29) is 0 Å². The van der Waals surface area contributed by atoms with Crippen molar-refractivity contribution in [2.75, 3.05) is 0 Å². The molecule has 0 fully saturated rings. The Kier molecular flexibility index (Phi) is 3.29. The van der Waals surface area contributed by atoms with Gasteiger partial charge in [0.2, 0.25) is 0 Å². The average molecular weight is 195 g/mol. The van der Waals surface area contributed by atoms with Crippen LogP contribution in [0, 0.1) is 0 Å². The van der Waals surface area contributed by atoms with E-state index in [0.717, 1.165) is 12.1 Å². The Balaban J connectivity index is 1.97. The molecule has 15 heavy (non-hydrogen) atoms. The zero-order chi connectivity index (χ0) is 10.3. The van der Waals surface area contributed by atoms with Crippen molar-refractivity contribution in [3.05, 3.63) is 66.2 Å². The molecule has 2 aromatic carbocycles. The highest BCUT2D eigenvalue weighted by Crippen LogP contribution is 2.09. The molecule has 0 radical (unpaired) electrons. The van der Waals surface area contributed by atoms with Gasteiger partial charge in [-0.05, 0) is 17.7 Å². The van der Waals surface area contributed by atoms with Crippen LogP contribution in [0.5, 0.6) is 0 Å².